The lowest BCUT2D eigenvalue weighted by atomic mass is 9.96. The van der Waals surface area contributed by atoms with Gasteiger partial charge in [0.25, 0.3) is 0 Å². The summed E-state index contributed by atoms with van der Waals surface area (Å²) in [5, 5.41) is 6.22. The molecule has 1 saturated carbocycles. The van der Waals surface area contributed by atoms with Crippen LogP contribution in [0.1, 0.15) is 46.6 Å². The quantitative estimate of drug-likeness (QED) is 0.589. The van der Waals surface area contributed by atoms with E-state index in [0.29, 0.717) is 29.3 Å². The van der Waals surface area contributed by atoms with Crippen LogP contribution in [0, 0.1) is 6.92 Å². The number of Topliss-reactive ketones (excluding diaryl/α,β-unsaturated/α-hetero) is 1. The van der Waals surface area contributed by atoms with Gasteiger partial charge in [-0.25, -0.2) is 4.79 Å². The number of benzene rings is 1. The van der Waals surface area contributed by atoms with E-state index in [4.69, 9.17) is 16.3 Å². The number of hydrogen-bond donors (Lipinski definition) is 0. The van der Waals surface area contributed by atoms with Crippen LogP contribution >= 0.6 is 22.9 Å². The molecule has 0 aliphatic heterocycles. The number of thiophene rings is 1. The lowest BCUT2D eigenvalue weighted by Crippen LogP contribution is -2.29. The van der Waals surface area contributed by atoms with Gasteiger partial charge in [0.15, 0.2) is 11.9 Å². The lowest BCUT2D eigenvalue weighted by Gasteiger charge is -2.20. The third-order valence-electron chi connectivity index (χ3n) is 4.80. The molecule has 1 atom stereocenters. The number of aryl methyl sites for hydroxylation is 1. The number of carbonyl (C=O) groups excluding carboxylic acids is 2. The van der Waals surface area contributed by atoms with Crippen molar-refractivity contribution in [1.82, 2.24) is 9.78 Å². The summed E-state index contributed by atoms with van der Waals surface area (Å²) in [5.74, 6) is -0.394. The molecule has 0 bridgehead atoms. The Bertz CT molecular complexity index is 1010. The van der Waals surface area contributed by atoms with Crippen molar-refractivity contribution < 1.29 is 14.3 Å². The standard InChI is InChI=1S/C20H19ClN2O3S/c1-12-15-10-18(20(25)26-17-5-3-2-4-16(17)24)27-19(15)23(22-12)11-13-6-8-14(21)9-7-13/h6-10,17H,2-5,11H2,1H3/t17-/m0/s1. The molecule has 140 valence electrons. The van der Waals surface area contributed by atoms with E-state index in [2.05, 4.69) is 5.10 Å². The van der Waals surface area contributed by atoms with Gasteiger partial charge in [0, 0.05) is 16.8 Å². The largest absolute Gasteiger partial charge is 0.450 e. The summed E-state index contributed by atoms with van der Waals surface area (Å²) in [6.45, 7) is 2.52. The van der Waals surface area contributed by atoms with Crippen molar-refractivity contribution in [2.24, 2.45) is 0 Å². The highest BCUT2D eigenvalue weighted by Crippen LogP contribution is 2.30. The highest BCUT2D eigenvalue weighted by atomic mass is 35.5. The van der Waals surface area contributed by atoms with Gasteiger partial charge >= 0.3 is 5.97 Å². The summed E-state index contributed by atoms with van der Waals surface area (Å²) in [6.07, 6.45) is 2.34. The zero-order valence-electron chi connectivity index (χ0n) is 14.9. The smallest absolute Gasteiger partial charge is 0.349 e. The van der Waals surface area contributed by atoms with E-state index in [1.807, 2.05) is 41.9 Å². The van der Waals surface area contributed by atoms with Crippen LogP contribution in [-0.4, -0.2) is 27.6 Å². The maximum Gasteiger partial charge on any atom is 0.349 e. The first kappa shape index (κ1) is 18.2. The van der Waals surface area contributed by atoms with Gasteiger partial charge in [0.1, 0.15) is 9.71 Å². The van der Waals surface area contributed by atoms with E-state index >= 15 is 0 Å². The van der Waals surface area contributed by atoms with Crippen LogP contribution < -0.4 is 0 Å². The number of ketones is 1. The Kier molecular flexibility index (Phi) is 5.02. The molecule has 1 aromatic carbocycles. The number of ether oxygens (including phenoxy) is 1. The minimum absolute atomic E-state index is 0.0285. The Balaban J connectivity index is 1.57. The van der Waals surface area contributed by atoms with E-state index in [-0.39, 0.29) is 5.78 Å². The maximum atomic E-state index is 12.5. The highest BCUT2D eigenvalue weighted by Gasteiger charge is 2.27. The van der Waals surface area contributed by atoms with Crippen LogP contribution in [0.25, 0.3) is 10.2 Å². The van der Waals surface area contributed by atoms with Crippen LogP contribution in [0.15, 0.2) is 30.3 Å². The zero-order chi connectivity index (χ0) is 19.0. The molecule has 4 rings (SSSR count). The van der Waals surface area contributed by atoms with Crippen molar-refractivity contribution in [2.75, 3.05) is 0 Å². The molecule has 0 saturated heterocycles. The number of esters is 1. The van der Waals surface area contributed by atoms with Crippen molar-refractivity contribution in [1.29, 1.82) is 0 Å². The molecule has 0 radical (unpaired) electrons. The molecule has 0 unspecified atom stereocenters. The average molecular weight is 403 g/mol. The molecule has 0 spiro atoms. The van der Waals surface area contributed by atoms with Crippen molar-refractivity contribution in [3.63, 3.8) is 0 Å². The number of hydrogen-bond acceptors (Lipinski definition) is 5. The van der Waals surface area contributed by atoms with Crippen molar-refractivity contribution >= 4 is 44.9 Å². The normalized spacial score (nSPS) is 17.4. The van der Waals surface area contributed by atoms with Gasteiger partial charge in [-0.3, -0.25) is 9.48 Å². The minimum Gasteiger partial charge on any atom is -0.450 e. The van der Waals surface area contributed by atoms with Gasteiger partial charge in [0.2, 0.25) is 0 Å². The van der Waals surface area contributed by atoms with Crippen molar-refractivity contribution in [3.8, 4) is 0 Å². The Morgan fingerprint density at radius 1 is 1.33 bits per heavy atom. The van der Waals surface area contributed by atoms with Crippen LogP contribution in [0.5, 0.6) is 0 Å². The summed E-state index contributed by atoms with van der Waals surface area (Å²) >= 11 is 7.30. The molecule has 7 heteroatoms. The second-order valence-electron chi connectivity index (χ2n) is 6.81. The summed E-state index contributed by atoms with van der Waals surface area (Å²) < 4.78 is 7.37. The fourth-order valence-corrected chi connectivity index (χ4v) is 4.52. The molecular formula is C20H19ClN2O3S. The molecule has 1 fully saturated rings. The molecule has 1 aliphatic rings. The van der Waals surface area contributed by atoms with Gasteiger partial charge in [-0.05, 0) is 49.9 Å². The molecule has 3 aromatic rings. The Morgan fingerprint density at radius 3 is 2.85 bits per heavy atom. The Morgan fingerprint density at radius 2 is 2.11 bits per heavy atom. The molecular weight excluding hydrogens is 384 g/mol. The van der Waals surface area contributed by atoms with Gasteiger partial charge in [-0.2, -0.15) is 5.10 Å². The Hall–Kier alpha value is -2.18. The lowest BCUT2D eigenvalue weighted by molar-refractivity contribution is -0.129. The average Bonchev–Trinajstić information content (AvgIpc) is 3.21. The molecule has 0 amide bonds. The first-order valence-corrected chi connectivity index (χ1v) is 10.2. The van der Waals surface area contributed by atoms with E-state index in [1.165, 1.54) is 11.3 Å². The number of fused-ring (bicyclic) bond motifs is 1. The fourth-order valence-electron chi connectivity index (χ4n) is 3.35. The first-order valence-electron chi connectivity index (χ1n) is 8.96. The molecule has 0 N–H and O–H groups in total. The monoisotopic (exact) mass is 402 g/mol. The molecule has 1 aliphatic carbocycles. The van der Waals surface area contributed by atoms with E-state index in [0.717, 1.165) is 34.3 Å². The van der Waals surface area contributed by atoms with Crippen molar-refractivity contribution in [3.05, 3.63) is 51.5 Å². The van der Waals surface area contributed by atoms with E-state index in [9.17, 15) is 9.59 Å². The zero-order valence-corrected chi connectivity index (χ0v) is 16.5. The van der Waals surface area contributed by atoms with Crippen molar-refractivity contribution in [2.45, 2.75) is 45.3 Å². The molecule has 5 nitrogen and oxygen atoms in total. The van der Waals surface area contributed by atoms with E-state index < -0.39 is 12.1 Å². The Labute approximate surface area is 165 Å². The van der Waals surface area contributed by atoms with Crippen LogP contribution in [0.3, 0.4) is 0 Å². The second-order valence-corrected chi connectivity index (χ2v) is 8.27. The number of carbonyl (C=O) groups is 2. The SMILES string of the molecule is Cc1nn(Cc2ccc(Cl)cc2)c2sc(C(=O)O[C@H]3CCCCC3=O)cc12. The summed E-state index contributed by atoms with van der Waals surface area (Å²) in [5.41, 5.74) is 1.94. The molecule has 27 heavy (non-hydrogen) atoms. The van der Waals surface area contributed by atoms with Crippen LogP contribution in [0.4, 0.5) is 0 Å². The highest BCUT2D eigenvalue weighted by molar-refractivity contribution is 7.20. The van der Waals surface area contributed by atoms with Gasteiger partial charge < -0.3 is 4.74 Å². The number of halogens is 1. The third-order valence-corrected chi connectivity index (χ3v) is 6.18. The molecule has 2 heterocycles. The number of aromatic nitrogens is 2. The summed E-state index contributed by atoms with van der Waals surface area (Å²) in [4.78, 5) is 25.9. The van der Waals surface area contributed by atoms with Crippen LogP contribution in [-0.2, 0) is 16.1 Å². The summed E-state index contributed by atoms with van der Waals surface area (Å²) in [7, 11) is 0. The third kappa shape index (κ3) is 3.77. The fraction of sp³-hybridized carbons (Fsp3) is 0.350. The van der Waals surface area contributed by atoms with Gasteiger partial charge in [-0.15, -0.1) is 11.3 Å². The van der Waals surface area contributed by atoms with Crippen LogP contribution in [0.2, 0.25) is 5.02 Å². The molecule has 2 aromatic heterocycles. The van der Waals surface area contributed by atoms with Gasteiger partial charge in [-0.1, -0.05) is 23.7 Å². The predicted molar refractivity (Wildman–Crippen MR) is 106 cm³/mol. The summed E-state index contributed by atoms with van der Waals surface area (Å²) in [6, 6.07) is 9.44. The topological polar surface area (TPSA) is 61.2 Å². The first-order chi connectivity index (χ1) is 13.0. The van der Waals surface area contributed by atoms with E-state index in [1.54, 1.807) is 0 Å². The maximum absolute atomic E-state index is 12.5. The van der Waals surface area contributed by atoms with Gasteiger partial charge in [0.05, 0.1) is 12.2 Å². The predicted octanol–water partition coefficient (Wildman–Crippen LogP) is 4.78. The second kappa shape index (κ2) is 7.44. The number of rotatable bonds is 4. The number of nitrogens with zero attached hydrogens (tertiary/aromatic N) is 2. The minimum atomic E-state index is -0.594.